The van der Waals surface area contributed by atoms with E-state index in [1.54, 1.807) is 0 Å². The SMILES string of the molecule is CN=C(NC1CC1c1ccccc1C)N1CCN(CC(=O)N2CCOCC2)CC1.I. The molecule has 1 aromatic carbocycles. The quantitative estimate of drug-likeness (QED) is 0.366. The van der Waals surface area contributed by atoms with Crippen molar-refractivity contribution in [2.75, 3.05) is 66.1 Å². The van der Waals surface area contributed by atoms with Gasteiger partial charge in [0.1, 0.15) is 0 Å². The summed E-state index contributed by atoms with van der Waals surface area (Å²) >= 11 is 0. The summed E-state index contributed by atoms with van der Waals surface area (Å²) in [6.07, 6.45) is 1.16. The summed E-state index contributed by atoms with van der Waals surface area (Å²) in [5.41, 5.74) is 2.82. The Bertz CT molecular complexity index is 745. The van der Waals surface area contributed by atoms with Gasteiger partial charge in [0.15, 0.2) is 5.96 Å². The first-order valence-electron chi connectivity index (χ1n) is 10.8. The summed E-state index contributed by atoms with van der Waals surface area (Å²) in [6, 6.07) is 9.14. The van der Waals surface area contributed by atoms with Crippen LogP contribution in [0.2, 0.25) is 0 Å². The number of aliphatic imine (C=N–C) groups is 1. The average Bonchev–Trinajstić information content (AvgIpc) is 3.52. The Hall–Kier alpha value is -1.39. The Morgan fingerprint density at radius 1 is 1.10 bits per heavy atom. The molecule has 0 aromatic heterocycles. The summed E-state index contributed by atoms with van der Waals surface area (Å²) in [5, 5.41) is 3.66. The molecule has 8 heteroatoms. The van der Waals surface area contributed by atoms with Crippen LogP contribution in [0.4, 0.5) is 0 Å². The summed E-state index contributed by atoms with van der Waals surface area (Å²) in [6.45, 7) is 9.05. The number of morpholine rings is 1. The van der Waals surface area contributed by atoms with Crippen molar-refractivity contribution in [3.05, 3.63) is 35.4 Å². The van der Waals surface area contributed by atoms with E-state index < -0.39 is 0 Å². The van der Waals surface area contributed by atoms with Gasteiger partial charge in [0.05, 0.1) is 19.8 Å². The van der Waals surface area contributed by atoms with Gasteiger partial charge >= 0.3 is 0 Å². The predicted molar refractivity (Wildman–Crippen MR) is 130 cm³/mol. The van der Waals surface area contributed by atoms with E-state index in [4.69, 9.17) is 4.74 Å². The Morgan fingerprint density at radius 3 is 2.47 bits per heavy atom. The lowest BCUT2D eigenvalue weighted by atomic mass is 10.0. The minimum Gasteiger partial charge on any atom is -0.378 e. The Kier molecular flexibility index (Phi) is 8.35. The number of piperazine rings is 1. The molecule has 2 heterocycles. The fourth-order valence-corrected chi connectivity index (χ4v) is 4.39. The number of guanidine groups is 1. The Morgan fingerprint density at radius 2 is 1.80 bits per heavy atom. The maximum absolute atomic E-state index is 12.5. The number of hydrogen-bond acceptors (Lipinski definition) is 4. The molecule has 0 spiro atoms. The molecule has 1 N–H and O–H groups in total. The first kappa shape index (κ1) is 23.3. The first-order chi connectivity index (χ1) is 14.2. The van der Waals surface area contributed by atoms with Crippen molar-refractivity contribution in [2.45, 2.75) is 25.3 Å². The molecule has 0 radical (unpaired) electrons. The van der Waals surface area contributed by atoms with Gasteiger partial charge in [0.25, 0.3) is 0 Å². The molecule has 1 aromatic rings. The lowest BCUT2D eigenvalue weighted by molar-refractivity contribution is -0.136. The number of halogens is 1. The third kappa shape index (κ3) is 5.64. The molecule has 4 rings (SSSR count). The maximum Gasteiger partial charge on any atom is 0.236 e. The van der Waals surface area contributed by atoms with Crippen LogP contribution in [0.3, 0.4) is 0 Å². The minimum absolute atomic E-state index is 0. The molecule has 166 valence electrons. The molecule has 1 saturated carbocycles. The van der Waals surface area contributed by atoms with Gasteiger partial charge in [-0.05, 0) is 24.5 Å². The van der Waals surface area contributed by atoms with Gasteiger partial charge in [0, 0.05) is 58.3 Å². The Labute approximate surface area is 196 Å². The number of carbonyl (C=O) groups excluding carboxylic acids is 1. The van der Waals surface area contributed by atoms with E-state index in [0.29, 0.717) is 31.7 Å². The zero-order chi connectivity index (χ0) is 20.2. The number of carbonyl (C=O) groups is 1. The average molecular weight is 527 g/mol. The normalized spacial score (nSPS) is 24.9. The van der Waals surface area contributed by atoms with E-state index in [-0.39, 0.29) is 29.9 Å². The fourth-order valence-electron chi connectivity index (χ4n) is 4.39. The highest BCUT2D eigenvalue weighted by atomic mass is 127. The molecule has 30 heavy (non-hydrogen) atoms. The number of nitrogens with one attached hydrogen (secondary N) is 1. The maximum atomic E-state index is 12.5. The van der Waals surface area contributed by atoms with Gasteiger partial charge in [-0.15, -0.1) is 24.0 Å². The summed E-state index contributed by atoms with van der Waals surface area (Å²) in [7, 11) is 1.86. The van der Waals surface area contributed by atoms with Crippen molar-refractivity contribution < 1.29 is 9.53 Å². The van der Waals surface area contributed by atoms with Crippen molar-refractivity contribution in [3.63, 3.8) is 0 Å². The summed E-state index contributed by atoms with van der Waals surface area (Å²) in [4.78, 5) is 23.5. The fraction of sp³-hybridized carbons (Fsp3) is 0.636. The van der Waals surface area contributed by atoms with E-state index in [2.05, 4.69) is 51.3 Å². The van der Waals surface area contributed by atoms with Crippen LogP contribution in [-0.2, 0) is 9.53 Å². The van der Waals surface area contributed by atoms with Crippen LogP contribution in [-0.4, -0.2) is 98.7 Å². The largest absolute Gasteiger partial charge is 0.378 e. The molecule has 3 aliphatic rings. The van der Waals surface area contributed by atoms with Crippen LogP contribution in [0.5, 0.6) is 0 Å². The van der Waals surface area contributed by atoms with Crippen molar-refractivity contribution in [1.29, 1.82) is 0 Å². The van der Waals surface area contributed by atoms with Gasteiger partial charge in [-0.3, -0.25) is 14.7 Å². The predicted octanol–water partition coefficient (Wildman–Crippen LogP) is 1.52. The van der Waals surface area contributed by atoms with Crippen molar-refractivity contribution in [2.24, 2.45) is 4.99 Å². The molecule has 7 nitrogen and oxygen atoms in total. The van der Waals surface area contributed by atoms with E-state index in [0.717, 1.165) is 51.6 Å². The molecular formula is C22H34IN5O2. The van der Waals surface area contributed by atoms with E-state index in [9.17, 15) is 4.79 Å². The van der Waals surface area contributed by atoms with Crippen LogP contribution >= 0.6 is 24.0 Å². The highest BCUT2D eigenvalue weighted by Crippen LogP contribution is 2.42. The van der Waals surface area contributed by atoms with Crippen LogP contribution in [0.1, 0.15) is 23.5 Å². The number of rotatable bonds is 4. The monoisotopic (exact) mass is 527 g/mol. The van der Waals surface area contributed by atoms with Gasteiger partial charge in [-0.2, -0.15) is 0 Å². The van der Waals surface area contributed by atoms with Gasteiger partial charge in [-0.1, -0.05) is 24.3 Å². The molecule has 2 unspecified atom stereocenters. The molecule has 2 aliphatic heterocycles. The summed E-state index contributed by atoms with van der Waals surface area (Å²) in [5.74, 6) is 1.80. The highest BCUT2D eigenvalue weighted by molar-refractivity contribution is 14.0. The summed E-state index contributed by atoms with van der Waals surface area (Å²) < 4.78 is 5.34. The van der Waals surface area contributed by atoms with Crippen molar-refractivity contribution >= 4 is 35.8 Å². The van der Waals surface area contributed by atoms with Crippen LogP contribution in [0.15, 0.2) is 29.3 Å². The number of aryl methyl sites for hydroxylation is 1. The highest BCUT2D eigenvalue weighted by Gasteiger charge is 2.40. The zero-order valence-electron chi connectivity index (χ0n) is 18.0. The minimum atomic E-state index is 0. The number of ether oxygens (including phenoxy) is 1. The second-order valence-corrected chi connectivity index (χ2v) is 8.25. The van der Waals surface area contributed by atoms with Crippen molar-refractivity contribution in [3.8, 4) is 0 Å². The van der Waals surface area contributed by atoms with Crippen LogP contribution in [0.25, 0.3) is 0 Å². The Balaban J connectivity index is 0.00000256. The third-order valence-corrected chi connectivity index (χ3v) is 6.30. The van der Waals surface area contributed by atoms with Crippen molar-refractivity contribution in [1.82, 2.24) is 20.0 Å². The lowest BCUT2D eigenvalue weighted by Crippen LogP contribution is -2.55. The number of hydrogen-bond donors (Lipinski definition) is 1. The van der Waals surface area contributed by atoms with Crippen LogP contribution in [0, 0.1) is 6.92 Å². The molecule has 0 bridgehead atoms. The smallest absolute Gasteiger partial charge is 0.236 e. The second-order valence-electron chi connectivity index (χ2n) is 8.25. The van der Waals surface area contributed by atoms with E-state index >= 15 is 0 Å². The molecule has 1 amide bonds. The van der Waals surface area contributed by atoms with Gasteiger partial charge in [-0.25, -0.2) is 0 Å². The first-order valence-corrected chi connectivity index (χ1v) is 10.8. The molecular weight excluding hydrogens is 493 g/mol. The van der Waals surface area contributed by atoms with E-state index in [1.807, 2.05) is 11.9 Å². The zero-order valence-corrected chi connectivity index (χ0v) is 20.4. The van der Waals surface area contributed by atoms with E-state index in [1.165, 1.54) is 11.1 Å². The van der Waals surface area contributed by atoms with Crippen LogP contribution < -0.4 is 5.32 Å². The molecule has 3 fully saturated rings. The second kappa shape index (κ2) is 10.8. The molecule has 2 atom stereocenters. The number of amides is 1. The third-order valence-electron chi connectivity index (χ3n) is 6.30. The molecule has 2 saturated heterocycles. The van der Waals surface area contributed by atoms with Gasteiger partial charge < -0.3 is 19.9 Å². The lowest BCUT2D eigenvalue weighted by Gasteiger charge is -2.37. The number of nitrogens with zero attached hydrogens (tertiary/aromatic N) is 4. The number of benzene rings is 1. The standard InChI is InChI=1S/C22H33N5O2.HI/c1-17-5-3-4-6-18(17)19-15-20(19)24-22(23-2)27-9-7-25(8-10-27)16-21(28)26-11-13-29-14-12-26;/h3-6,19-20H,7-16H2,1-2H3,(H,23,24);1H. The topological polar surface area (TPSA) is 60.4 Å². The van der Waals surface area contributed by atoms with Gasteiger partial charge in [0.2, 0.25) is 5.91 Å². The molecule has 1 aliphatic carbocycles.